The Balaban J connectivity index is 1.79. The molecule has 3 aliphatic rings. The Labute approximate surface area is 153 Å². The fourth-order valence-electron chi connectivity index (χ4n) is 5.08. The topological polar surface area (TPSA) is 40.5 Å². The average Bonchev–Trinajstić information content (AvgIpc) is 3.19. The van der Waals surface area contributed by atoms with Gasteiger partial charge in [0.25, 0.3) is 5.60 Å². The molecule has 0 aromatic rings. The van der Waals surface area contributed by atoms with Gasteiger partial charge in [-0.05, 0) is 67.8 Å². The Hall–Kier alpha value is -1.02. The fraction of sp³-hybridized carbons (Fsp3) is 0.789. The molecule has 27 heavy (non-hydrogen) atoms. The van der Waals surface area contributed by atoms with Crippen LogP contribution in [0.15, 0.2) is 23.8 Å². The highest BCUT2D eigenvalue weighted by Gasteiger charge is 2.69. The molecular weight excluding hydrogens is 374 g/mol. The van der Waals surface area contributed by atoms with Gasteiger partial charge < -0.3 is 10.2 Å². The van der Waals surface area contributed by atoms with E-state index >= 15 is 0 Å². The number of alkyl halides is 6. The first-order chi connectivity index (χ1) is 12.3. The van der Waals surface area contributed by atoms with Crippen LogP contribution in [0.1, 0.15) is 51.9 Å². The van der Waals surface area contributed by atoms with Crippen molar-refractivity contribution in [1.29, 1.82) is 0 Å². The smallest absolute Gasteiger partial charge is 0.393 e. The molecule has 3 atom stereocenters. The van der Waals surface area contributed by atoms with E-state index in [-0.39, 0.29) is 23.8 Å². The van der Waals surface area contributed by atoms with Crippen molar-refractivity contribution in [1.82, 2.24) is 0 Å². The van der Waals surface area contributed by atoms with Gasteiger partial charge in [-0.25, -0.2) is 0 Å². The minimum atomic E-state index is -5.84. The van der Waals surface area contributed by atoms with E-state index in [0.717, 1.165) is 30.9 Å². The summed E-state index contributed by atoms with van der Waals surface area (Å²) in [5.41, 5.74) is -4.49. The summed E-state index contributed by atoms with van der Waals surface area (Å²) < 4.78 is 76.8. The summed E-state index contributed by atoms with van der Waals surface area (Å²) in [5, 5.41) is 19.5. The van der Waals surface area contributed by atoms with E-state index in [1.165, 1.54) is 0 Å². The average molecular weight is 398 g/mol. The van der Waals surface area contributed by atoms with Gasteiger partial charge in [0.1, 0.15) is 0 Å². The first-order valence-corrected chi connectivity index (χ1v) is 9.20. The van der Waals surface area contributed by atoms with Crippen LogP contribution in [0.4, 0.5) is 26.3 Å². The monoisotopic (exact) mass is 398 g/mol. The first kappa shape index (κ1) is 20.7. The van der Waals surface area contributed by atoms with Crippen molar-refractivity contribution in [2.45, 2.75) is 75.9 Å². The molecule has 0 aromatic carbocycles. The highest BCUT2D eigenvalue weighted by Crippen LogP contribution is 2.66. The summed E-state index contributed by atoms with van der Waals surface area (Å²) in [6, 6.07) is 0. The van der Waals surface area contributed by atoms with E-state index in [1.807, 2.05) is 13.0 Å². The molecule has 3 aliphatic carbocycles. The largest absolute Gasteiger partial charge is 0.429 e. The Morgan fingerprint density at radius 2 is 1.70 bits per heavy atom. The van der Waals surface area contributed by atoms with E-state index in [2.05, 4.69) is 0 Å². The van der Waals surface area contributed by atoms with Gasteiger partial charge in [-0.2, -0.15) is 26.3 Å². The van der Waals surface area contributed by atoms with Crippen LogP contribution >= 0.6 is 0 Å². The van der Waals surface area contributed by atoms with E-state index in [4.69, 9.17) is 0 Å². The zero-order valence-corrected chi connectivity index (χ0v) is 15.0. The molecule has 2 nitrogen and oxygen atoms in total. The highest BCUT2D eigenvalue weighted by atomic mass is 19.4. The number of halogens is 6. The lowest BCUT2D eigenvalue weighted by molar-refractivity contribution is -0.347. The fourth-order valence-corrected chi connectivity index (χ4v) is 5.08. The first-order valence-electron chi connectivity index (χ1n) is 9.20. The van der Waals surface area contributed by atoms with Gasteiger partial charge in [0.15, 0.2) is 0 Å². The van der Waals surface area contributed by atoms with Crippen LogP contribution in [-0.2, 0) is 0 Å². The van der Waals surface area contributed by atoms with Crippen molar-refractivity contribution in [3.05, 3.63) is 23.8 Å². The molecule has 2 fully saturated rings. The summed E-state index contributed by atoms with van der Waals surface area (Å²) >= 11 is 0. The second kappa shape index (κ2) is 6.24. The van der Waals surface area contributed by atoms with Gasteiger partial charge in [-0.1, -0.05) is 24.6 Å². The number of fused-ring (bicyclic) bond motifs is 1. The Morgan fingerprint density at radius 3 is 2.22 bits per heavy atom. The second-order valence-electron chi connectivity index (χ2n) is 8.49. The van der Waals surface area contributed by atoms with Crippen LogP contribution in [-0.4, -0.2) is 34.3 Å². The molecule has 154 valence electrons. The van der Waals surface area contributed by atoms with Crippen LogP contribution in [0.2, 0.25) is 0 Å². The van der Waals surface area contributed by atoms with E-state index in [1.54, 1.807) is 0 Å². The highest BCUT2D eigenvalue weighted by molar-refractivity contribution is 5.35. The van der Waals surface area contributed by atoms with Crippen molar-refractivity contribution in [2.24, 2.45) is 16.7 Å². The number of rotatable bonds is 4. The third kappa shape index (κ3) is 3.22. The second-order valence-corrected chi connectivity index (χ2v) is 8.49. The maximum atomic E-state index is 12.8. The lowest BCUT2D eigenvalue weighted by atomic mass is 9.62. The lowest BCUT2D eigenvalue weighted by Gasteiger charge is -2.44. The van der Waals surface area contributed by atoms with Crippen molar-refractivity contribution >= 4 is 0 Å². The van der Waals surface area contributed by atoms with Gasteiger partial charge in [0.2, 0.25) is 0 Å². The Morgan fingerprint density at radius 1 is 1.11 bits per heavy atom. The van der Waals surface area contributed by atoms with Crippen molar-refractivity contribution in [3.63, 3.8) is 0 Å². The number of aliphatic hydroxyl groups excluding tert-OH is 1. The van der Waals surface area contributed by atoms with Crippen molar-refractivity contribution in [3.8, 4) is 0 Å². The number of hydrogen-bond donors (Lipinski definition) is 2. The maximum absolute atomic E-state index is 12.8. The Bertz CT molecular complexity index is 630. The maximum Gasteiger partial charge on any atom is 0.429 e. The van der Waals surface area contributed by atoms with Crippen LogP contribution in [0, 0.1) is 16.7 Å². The molecule has 0 bridgehead atoms. The summed E-state index contributed by atoms with van der Waals surface area (Å²) in [6.07, 6.45) is -4.88. The van der Waals surface area contributed by atoms with Gasteiger partial charge in [0.05, 0.1) is 6.10 Å². The van der Waals surface area contributed by atoms with Crippen molar-refractivity contribution in [2.75, 3.05) is 0 Å². The minimum Gasteiger partial charge on any atom is -0.393 e. The molecule has 3 rings (SSSR count). The van der Waals surface area contributed by atoms with Gasteiger partial charge in [-0.15, -0.1) is 0 Å². The van der Waals surface area contributed by atoms with Crippen LogP contribution < -0.4 is 0 Å². The third-order valence-electron chi connectivity index (χ3n) is 6.83. The van der Waals surface area contributed by atoms with Crippen molar-refractivity contribution < 1.29 is 36.6 Å². The molecule has 0 amide bonds. The predicted octanol–water partition coefficient (Wildman–Crippen LogP) is 5.07. The molecule has 8 heteroatoms. The lowest BCUT2D eigenvalue weighted by Crippen LogP contribution is -2.55. The molecule has 0 heterocycles. The summed E-state index contributed by atoms with van der Waals surface area (Å²) in [5.74, 6) is 0.0602. The van der Waals surface area contributed by atoms with E-state index in [0.29, 0.717) is 19.3 Å². The summed E-state index contributed by atoms with van der Waals surface area (Å²) in [6.45, 7) is 2.05. The minimum absolute atomic E-state index is 0.0196. The molecule has 0 radical (unpaired) electrons. The molecule has 0 unspecified atom stereocenters. The zero-order valence-electron chi connectivity index (χ0n) is 15.0. The zero-order chi connectivity index (χ0) is 20.3. The van der Waals surface area contributed by atoms with Gasteiger partial charge in [-0.3, -0.25) is 0 Å². The number of hydrogen-bond acceptors (Lipinski definition) is 2. The van der Waals surface area contributed by atoms with Gasteiger partial charge >= 0.3 is 12.4 Å². The number of allylic oxidation sites excluding steroid dienone is 3. The van der Waals surface area contributed by atoms with Crippen LogP contribution in [0.25, 0.3) is 0 Å². The van der Waals surface area contributed by atoms with E-state index < -0.39 is 29.5 Å². The predicted molar refractivity (Wildman–Crippen MR) is 86.6 cm³/mol. The van der Waals surface area contributed by atoms with Crippen LogP contribution in [0.3, 0.4) is 0 Å². The van der Waals surface area contributed by atoms with Gasteiger partial charge in [0, 0.05) is 0 Å². The molecule has 0 aliphatic heterocycles. The molecular formula is C19H24F6O2. The van der Waals surface area contributed by atoms with E-state index in [9.17, 15) is 36.6 Å². The summed E-state index contributed by atoms with van der Waals surface area (Å²) in [4.78, 5) is 0. The summed E-state index contributed by atoms with van der Waals surface area (Å²) in [7, 11) is 0. The standard InChI is InChI=1S/C19H24F6O2/c1-15-7-2-4-13(26)12(15)5-6-14(15)16(10-11-16)8-3-9-17(27,18(20,21)22)19(23,24)25/h3,6,9,12-13,26-27H,2,4-5,7-8,10-11H2,1H3/t12-,13-,15+/m0/s1. The quantitative estimate of drug-likeness (QED) is 0.513. The number of aliphatic hydroxyl groups is 2. The normalized spacial score (nSPS) is 33.9. The molecule has 0 spiro atoms. The molecule has 0 saturated heterocycles. The Kier molecular flexibility index (Phi) is 4.79. The molecule has 2 N–H and O–H groups in total. The third-order valence-corrected chi connectivity index (χ3v) is 6.83. The SMILES string of the molecule is C[C@@]12CCC[C@H](O)[C@@H]1CC=C2C1(CC=CC(O)(C(F)(F)F)C(F)(F)F)CC1. The van der Waals surface area contributed by atoms with Crippen LogP contribution in [0.5, 0.6) is 0 Å². The molecule has 0 aromatic heterocycles. The molecule has 2 saturated carbocycles.